The summed E-state index contributed by atoms with van der Waals surface area (Å²) in [6, 6.07) is 10.4. The third kappa shape index (κ3) is 3.92. The van der Waals surface area contributed by atoms with Crippen LogP contribution in [-0.2, 0) is 0 Å². The van der Waals surface area contributed by atoms with Crippen molar-refractivity contribution in [1.82, 2.24) is 14.5 Å². The van der Waals surface area contributed by atoms with Gasteiger partial charge in [0.1, 0.15) is 17.5 Å². The highest BCUT2D eigenvalue weighted by Crippen LogP contribution is 2.28. The number of aryl methyl sites for hydroxylation is 1. The van der Waals surface area contributed by atoms with E-state index in [0.29, 0.717) is 22.5 Å². The van der Waals surface area contributed by atoms with Crippen LogP contribution >= 0.6 is 11.3 Å². The highest BCUT2D eigenvalue weighted by Gasteiger charge is 2.20. The Labute approximate surface area is 180 Å². The van der Waals surface area contributed by atoms with Crippen molar-refractivity contribution in [1.29, 1.82) is 0 Å². The number of amides is 1. The van der Waals surface area contributed by atoms with E-state index in [2.05, 4.69) is 15.3 Å². The van der Waals surface area contributed by atoms with Gasteiger partial charge < -0.3 is 5.32 Å². The molecule has 0 radical (unpaired) electrons. The minimum atomic E-state index is -0.521. The van der Waals surface area contributed by atoms with Gasteiger partial charge in [0.25, 0.3) is 11.6 Å². The van der Waals surface area contributed by atoms with Crippen molar-refractivity contribution in [2.75, 3.05) is 5.32 Å². The first-order valence-corrected chi connectivity index (χ1v) is 10.0. The van der Waals surface area contributed by atoms with E-state index in [1.54, 1.807) is 23.6 Å². The fourth-order valence-corrected chi connectivity index (χ4v) is 4.04. The van der Waals surface area contributed by atoms with Gasteiger partial charge in [0.2, 0.25) is 0 Å². The van der Waals surface area contributed by atoms with E-state index in [-0.39, 0.29) is 22.6 Å². The molecule has 0 saturated carbocycles. The van der Waals surface area contributed by atoms with Crippen LogP contribution in [-0.4, -0.2) is 25.4 Å². The Morgan fingerprint density at radius 2 is 1.94 bits per heavy atom. The Balaban J connectivity index is 1.65. The summed E-state index contributed by atoms with van der Waals surface area (Å²) in [7, 11) is 0. The number of nitro benzene ring substituents is 1. The molecule has 2 aromatic carbocycles. The van der Waals surface area contributed by atoms with Gasteiger partial charge in [0.05, 0.1) is 16.8 Å². The number of imidazole rings is 1. The summed E-state index contributed by atoms with van der Waals surface area (Å²) in [6.45, 7) is 3.30. The lowest BCUT2D eigenvalue weighted by molar-refractivity contribution is -0.385. The van der Waals surface area contributed by atoms with Gasteiger partial charge >= 0.3 is 0 Å². The summed E-state index contributed by atoms with van der Waals surface area (Å²) < 4.78 is 14.9. The molecule has 4 aromatic rings. The third-order valence-electron chi connectivity index (χ3n) is 4.75. The number of benzene rings is 2. The van der Waals surface area contributed by atoms with Gasteiger partial charge in [-0.15, -0.1) is 11.3 Å². The number of carbonyl (C=O) groups excluding carboxylic acids is 1. The molecule has 0 spiro atoms. The maximum Gasteiger partial charge on any atom is 0.273 e. The van der Waals surface area contributed by atoms with Gasteiger partial charge in [0, 0.05) is 28.1 Å². The van der Waals surface area contributed by atoms with Gasteiger partial charge in [-0.3, -0.25) is 19.5 Å². The van der Waals surface area contributed by atoms with E-state index >= 15 is 0 Å². The minimum Gasteiger partial charge on any atom is -0.306 e. The smallest absolute Gasteiger partial charge is 0.273 e. The SMILES string of the molecule is Cc1c(C(=O)Nc2cnc(C)n2-c2nc(-c3ccc(F)cc3)cs2)cccc1[N+](=O)[O-]. The van der Waals surface area contributed by atoms with Crippen LogP contribution in [0.1, 0.15) is 21.7 Å². The maximum atomic E-state index is 13.2. The molecule has 1 amide bonds. The van der Waals surface area contributed by atoms with Crippen molar-refractivity contribution in [2.24, 2.45) is 0 Å². The lowest BCUT2D eigenvalue weighted by Gasteiger charge is -2.10. The highest BCUT2D eigenvalue weighted by molar-refractivity contribution is 7.12. The summed E-state index contributed by atoms with van der Waals surface area (Å²) in [5, 5.41) is 16.3. The number of carbonyl (C=O) groups is 1. The molecule has 0 bridgehead atoms. The van der Waals surface area contributed by atoms with Crippen molar-refractivity contribution < 1.29 is 14.1 Å². The molecule has 8 nitrogen and oxygen atoms in total. The number of hydrogen-bond donors (Lipinski definition) is 1. The summed E-state index contributed by atoms with van der Waals surface area (Å²) in [5.41, 5.74) is 1.78. The molecule has 0 saturated heterocycles. The normalized spacial score (nSPS) is 10.8. The monoisotopic (exact) mass is 437 g/mol. The summed E-state index contributed by atoms with van der Waals surface area (Å²) in [4.78, 5) is 32.3. The molecule has 1 N–H and O–H groups in total. The van der Waals surface area contributed by atoms with Crippen LogP contribution in [0.5, 0.6) is 0 Å². The van der Waals surface area contributed by atoms with E-state index in [0.717, 1.165) is 5.56 Å². The number of anilines is 1. The van der Waals surface area contributed by atoms with E-state index in [1.165, 1.54) is 54.8 Å². The van der Waals surface area contributed by atoms with Crippen molar-refractivity contribution in [2.45, 2.75) is 13.8 Å². The quantitative estimate of drug-likeness (QED) is 0.353. The number of rotatable bonds is 5. The molecule has 31 heavy (non-hydrogen) atoms. The highest BCUT2D eigenvalue weighted by atomic mass is 32.1. The number of aromatic nitrogens is 3. The number of thiazole rings is 1. The maximum absolute atomic E-state index is 13.2. The average Bonchev–Trinajstić information content (AvgIpc) is 3.35. The van der Waals surface area contributed by atoms with E-state index in [4.69, 9.17) is 0 Å². The van der Waals surface area contributed by atoms with Crippen LogP contribution in [0.15, 0.2) is 54.0 Å². The van der Waals surface area contributed by atoms with Gasteiger partial charge in [-0.2, -0.15) is 0 Å². The molecule has 0 atom stereocenters. The number of hydrogen-bond acceptors (Lipinski definition) is 6. The van der Waals surface area contributed by atoms with E-state index in [9.17, 15) is 19.3 Å². The number of nitrogens with one attached hydrogen (secondary N) is 1. The van der Waals surface area contributed by atoms with Gasteiger partial charge in [-0.25, -0.2) is 14.4 Å². The second-order valence-corrected chi connectivity index (χ2v) is 7.55. The Hall–Kier alpha value is -3.92. The molecule has 10 heteroatoms. The van der Waals surface area contributed by atoms with Crippen LogP contribution in [0.25, 0.3) is 16.4 Å². The average molecular weight is 437 g/mol. The Bertz CT molecular complexity index is 1300. The van der Waals surface area contributed by atoms with Gasteiger partial charge in [0.15, 0.2) is 5.13 Å². The summed E-state index contributed by atoms with van der Waals surface area (Å²) >= 11 is 1.34. The summed E-state index contributed by atoms with van der Waals surface area (Å²) in [6.07, 6.45) is 1.50. The first-order valence-electron chi connectivity index (χ1n) is 9.16. The Kier molecular flexibility index (Phi) is 5.30. The van der Waals surface area contributed by atoms with Crippen LogP contribution in [0.4, 0.5) is 15.9 Å². The molecule has 156 valence electrons. The number of nitrogens with zero attached hydrogens (tertiary/aromatic N) is 4. The molecule has 0 unspecified atom stereocenters. The lowest BCUT2D eigenvalue weighted by atomic mass is 10.1. The van der Waals surface area contributed by atoms with Crippen LogP contribution < -0.4 is 5.32 Å². The third-order valence-corrected chi connectivity index (χ3v) is 5.58. The molecule has 0 aliphatic rings. The zero-order valence-electron chi connectivity index (χ0n) is 16.5. The second kappa shape index (κ2) is 8.07. The molecule has 0 aliphatic carbocycles. The van der Waals surface area contributed by atoms with Crippen molar-refractivity contribution >= 4 is 28.7 Å². The molecule has 4 rings (SSSR count). The lowest BCUT2D eigenvalue weighted by Crippen LogP contribution is -2.16. The predicted molar refractivity (Wildman–Crippen MR) is 115 cm³/mol. The zero-order chi connectivity index (χ0) is 22.1. The van der Waals surface area contributed by atoms with Crippen molar-refractivity contribution in [3.8, 4) is 16.4 Å². The molecule has 2 heterocycles. The van der Waals surface area contributed by atoms with Crippen molar-refractivity contribution in [3.05, 3.63) is 86.9 Å². The molecule has 0 aliphatic heterocycles. The van der Waals surface area contributed by atoms with Crippen molar-refractivity contribution in [3.63, 3.8) is 0 Å². The zero-order valence-corrected chi connectivity index (χ0v) is 17.3. The fraction of sp³-hybridized carbons (Fsp3) is 0.0952. The van der Waals surface area contributed by atoms with Crippen LogP contribution in [0.3, 0.4) is 0 Å². The standard InChI is InChI=1S/C21H16FN5O3S/c1-12-16(4-3-5-18(12)27(29)30)20(28)25-19-10-23-13(2)26(19)21-24-17(11-31-21)14-6-8-15(22)9-7-14/h3-11H,1-2H3,(H,25,28). The fourth-order valence-electron chi connectivity index (χ4n) is 3.15. The topological polar surface area (TPSA) is 103 Å². The van der Waals surface area contributed by atoms with Gasteiger partial charge in [-0.05, 0) is 44.2 Å². The van der Waals surface area contributed by atoms with E-state index in [1.807, 2.05) is 5.38 Å². The first-order chi connectivity index (χ1) is 14.8. The predicted octanol–water partition coefficient (Wildman–Crippen LogP) is 4.91. The largest absolute Gasteiger partial charge is 0.306 e. The molecular formula is C21H16FN5O3S. The molecular weight excluding hydrogens is 421 g/mol. The van der Waals surface area contributed by atoms with Crippen LogP contribution in [0, 0.1) is 29.8 Å². The second-order valence-electron chi connectivity index (χ2n) is 6.71. The molecule has 0 fully saturated rings. The van der Waals surface area contributed by atoms with E-state index < -0.39 is 10.8 Å². The Morgan fingerprint density at radius 3 is 2.65 bits per heavy atom. The van der Waals surface area contributed by atoms with Crippen LogP contribution in [0.2, 0.25) is 0 Å². The van der Waals surface area contributed by atoms with Gasteiger partial charge in [-0.1, -0.05) is 6.07 Å². The molecule has 2 aromatic heterocycles. The Morgan fingerprint density at radius 1 is 1.19 bits per heavy atom. The first kappa shape index (κ1) is 20.4. The minimum absolute atomic E-state index is 0.124. The number of halogens is 1. The number of nitro groups is 1. The summed E-state index contributed by atoms with van der Waals surface area (Å²) in [5.74, 6) is 0.170.